The number of anilines is 2. The van der Waals surface area contributed by atoms with Gasteiger partial charge in [-0.1, -0.05) is 6.07 Å². The van der Waals surface area contributed by atoms with E-state index in [1.54, 1.807) is 36.5 Å². The maximum atomic E-state index is 16.5. The van der Waals surface area contributed by atoms with E-state index in [4.69, 9.17) is 4.74 Å². The second-order valence-electron chi connectivity index (χ2n) is 9.02. The van der Waals surface area contributed by atoms with E-state index in [-0.39, 0.29) is 17.2 Å². The van der Waals surface area contributed by atoms with Crippen molar-refractivity contribution in [2.75, 3.05) is 12.4 Å². The molecule has 6 nitrogen and oxygen atoms in total. The first-order valence-corrected chi connectivity index (χ1v) is 12.5. The molecule has 38 heavy (non-hydrogen) atoms. The molecule has 1 aromatic carbocycles. The number of aryl methyl sites for hydroxylation is 2. The summed E-state index contributed by atoms with van der Waals surface area (Å²) in [6.07, 6.45) is -0.392. The summed E-state index contributed by atoms with van der Waals surface area (Å²) in [6, 6.07) is 10.1. The van der Waals surface area contributed by atoms with Crippen molar-refractivity contribution >= 4 is 28.9 Å². The summed E-state index contributed by atoms with van der Waals surface area (Å²) in [5, 5.41) is 3.10. The highest BCUT2D eigenvalue weighted by molar-refractivity contribution is 7.15. The van der Waals surface area contributed by atoms with Crippen molar-refractivity contribution < 1.29 is 27.1 Å². The molecular formula is C27H22F4N4O2S. The summed E-state index contributed by atoms with van der Waals surface area (Å²) < 4.78 is 60.5. The van der Waals surface area contributed by atoms with E-state index >= 15 is 4.39 Å². The standard InChI is InChI=1S/C27H22F4N4O2S/c1-15-10-20(34-23(11-15)35-22-13-18(7-9-32-22)27(29,30)31)21-14-33-25(38-21)26(28)8-3-4-16-12-17(24(36)37-2)5-6-19(16)26/h5-7,9-14H,3-4,8H2,1-2H3,(H,32,34,35). The second-order valence-corrected chi connectivity index (χ2v) is 10.0. The molecular weight excluding hydrogens is 520 g/mol. The Balaban J connectivity index is 1.45. The van der Waals surface area contributed by atoms with Crippen molar-refractivity contribution in [3.05, 3.63) is 87.7 Å². The highest BCUT2D eigenvalue weighted by Crippen LogP contribution is 2.46. The molecule has 196 valence electrons. The Kier molecular flexibility index (Phi) is 6.64. The van der Waals surface area contributed by atoms with Crippen LogP contribution in [-0.2, 0) is 23.0 Å². The minimum absolute atomic E-state index is 0.00159. The van der Waals surface area contributed by atoms with Gasteiger partial charge in [-0.25, -0.2) is 24.1 Å². The third-order valence-corrected chi connectivity index (χ3v) is 7.49. The van der Waals surface area contributed by atoms with Crippen molar-refractivity contribution in [1.29, 1.82) is 0 Å². The Labute approximate surface area is 219 Å². The average molecular weight is 543 g/mol. The van der Waals surface area contributed by atoms with Gasteiger partial charge in [0, 0.05) is 12.4 Å². The van der Waals surface area contributed by atoms with Gasteiger partial charge in [-0.3, -0.25) is 0 Å². The van der Waals surface area contributed by atoms with Crippen LogP contribution in [0.2, 0.25) is 0 Å². The third kappa shape index (κ3) is 4.98. The normalized spacial score (nSPS) is 17.1. The summed E-state index contributed by atoms with van der Waals surface area (Å²) >= 11 is 1.17. The lowest BCUT2D eigenvalue weighted by Crippen LogP contribution is -2.27. The number of rotatable bonds is 5. The number of methoxy groups -OCH3 is 1. The molecule has 4 aromatic rings. The molecule has 0 amide bonds. The van der Waals surface area contributed by atoms with Crippen LogP contribution in [0, 0.1) is 6.92 Å². The Morgan fingerprint density at radius 2 is 1.92 bits per heavy atom. The zero-order valence-corrected chi connectivity index (χ0v) is 21.2. The van der Waals surface area contributed by atoms with Gasteiger partial charge < -0.3 is 10.1 Å². The Bertz CT molecular complexity index is 1520. The Morgan fingerprint density at radius 1 is 1.11 bits per heavy atom. The highest BCUT2D eigenvalue weighted by Gasteiger charge is 2.41. The molecule has 0 radical (unpaired) electrons. The molecule has 1 aliphatic rings. The van der Waals surface area contributed by atoms with Crippen LogP contribution >= 0.6 is 11.3 Å². The average Bonchev–Trinajstić information content (AvgIpc) is 3.39. The van der Waals surface area contributed by atoms with Crippen molar-refractivity contribution in [2.24, 2.45) is 0 Å². The number of nitrogens with one attached hydrogen (secondary N) is 1. The van der Waals surface area contributed by atoms with E-state index in [9.17, 15) is 18.0 Å². The first-order chi connectivity index (χ1) is 18.1. The number of ether oxygens (including phenoxy) is 1. The van der Waals surface area contributed by atoms with E-state index in [1.807, 2.05) is 6.92 Å². The molecule has 1 atom stereocenters. The fourth-order valence-electron chi connectivity index (χ4n) is 4.55. The number of thiazole rings is 1. The predicted molar refractivity (Wildman–Crippen MR) is 135 cm³/mol. The van der Waals surface area contributed by atoms with E-state index in [0.717, 1.165) is 29.5 Å². The van der Waals surface area contributed by atoms with E-state index in [1.165, 1.54) is 18.4 Å². The van der Waals surface area contributed by atoms with Gasteiger partial charge >= 0.3 is 12.1 Å². The van der Waals surface area contributed by atoms with Crippen LogP contribution in [0.25, 0.3) is 10.6 Å². The van der Waals surface area contributed by atoms with E-state index in [2.05, 4.69) is 20.3 Å². The van der Waals surface area contributed by atoms with Crippen molar-refractivity contribution in [3.63, 3.8) is 0 Å². The molecule has 0 saturated carbocycles. The van der Waals surface area contributed by atoms with Gasteiger partial charge in [-0.2, -0.15) is 13.2 Å². The first-order valence-electron chi connectivity index (χ1n) is 11.7. The van der Waals surface area contributed by atoms with Crippen LogP contribution in [0.4, 0.5) is 29.2 Å². The third-order valence-electron chi connectivity index (χ3n) is 6.33. The highest BCUT2D eigenvalue weighted by atomic mass is 32.1. The minimum Gasteiger partial charge on any atom is -0.465 e. The lowest BCUT2D eigenvalue weighted by molar-refractivity contribution is -0.137. The quantitative estimate of drug-likeness (QED) is 0.216. The fourth-order valence-corrected chi connectivity index (χ4v) is 5.55. The number of nitrogens with zero attached hydrogens (tertiary/aromatic N) is 3. The van der Waals surface area contributed by atoms with Gasteiger partial charge in [0.05, 0.1) is 28.8 Å². The number of hydrogen-bond acceptors (Lipinski definition) is 7. The number of aromatic nitrogens is 3. The van der Waals surface area contributed by atoms with Crippen LogP contribution in [0.15, 0.2) is 54.9 Å². The second kappa shape index (κ2) is 9.79. The van der Waals surface area contributed by atoms with Gasteiger partial charge in [-0.15, -0.1) is 11.3 Å². The summed E-state index contributed by atoms with van der Waals surface area (Å²) in [5.74, 6) is -0.175. The van der Waals surface area contributed by atoms with Crippen molar-refractivity contribution in [1.82, 2.24) is 15.0 Å². The monoisotopic (exact) mass is 542 g/mol. The van der Waals surface area contributed by atoms with Crippen LogP contribution in [-0.4, -0.2) is 28.0 Å². The molecule has 11 heteroatoms. The minimum atomic E-state index is -4.50. The SMILES string of the molecule is COC(=O)c1ccc2c(c1)CCCC2(F)c1ncc(-c2cc(C)cc(Nc3cc(C(F)(F)F)ccn3)n2)s1. The summed E-state index contributed by atoms with van der Waals surface area (Å²) in [6.45, 7) is 1.82. The van der Waals surface area contributed by atoms with Crippen LogP contribution in [0.3, 0.4) is 0 Å². The number of benzene rings is 1. The molecule has 1 unspecified atom stereocenters. The number of pyridine rings is 2. The van der Waals surface area contributed by atoms with Crippen LogP contribution < -0.4 is 5.32 Å². The summed E-state index contributed by atoms with van der Waals surface area (Å²) in [4.78, 5) is 25.4. The molecule has 0 bridgehead atoms. The van der Waals surface area contributed by atoms with Crippen molar-refractivity contribution in [3.8, 4) is 10.6 Å². The molecule has 0 fully saturated rings. The fraction of sp³-hybridized carbons (Fsp3) is 0.259. The van der Waals surface area contributed by atoms with Crippen LogP contribution in [0.1, 0.15) is 50.5 Å². The zero-order valence-electron chi connectivity index (χ0n) is 20.4. The molecule has 3 heterocycles. The lowest BCUT2D eigenvalue weighted by Gasteiger charge is -2.30. The number of halogens is 4. The smallest absolute Gasteiger partial charge is 0.416 e. The topological polar surface area (TPSA) is 77.0 Å². The molecule has 0 spiro atoms. The van der Waals surface area contributed by atoms with Gasteiger partial charge in [0.25, 0.3) is 0 Å². The summed E-state index contributed by atoms with van der Waals surface area (Å²) in [7, 11) is 1.30. The molecule has 5 rings (SSSR count). The first kappa shape index (κ1) is 25.8. The molecule has 0 saturated heterocycles. The largest absolute Gasteiger partial charge is 0.465 e. The maximum absolute atomic E-state index is 16.5. The van der Waals surface area contributed by atoms with E-state index < -0.39 is 23.4 Å². The number of hydrogen-bond donors (Lipinski definition) is 1. The number of esters is 1. The predicted octanol–water partition coefficient (Wildman–Crippen LogP) is 7.01. The Hall–Kier alpha value is -3.86. The van der Waals surface area contributed by atoms with Gasteiger partial charge in [0.1, 0.15) is 16.6 Å². The number of carbonyl (C=O) groups excluding carboxylic acids is 1. The van der Waals surface area contributed by atoms with Crippen LogP contribution in [0.5, 0.6) is 0 Å². The number of alkyl halides is 4. The number of fused-ring (bicyclic) bond motifs is 1. The zero-order chi connectivity index (χ0) is 27.1. The lowest BCUT2D eigenvalue weighted by atomic mass is 9.80. The summed E-state index contributed by atoms with van der Waals surface area (Å²) in [5.41, 5.74) is 0.249. The maximum Gasteiger partial charge on any atom is 0.416 e. The van der Waals surface area contributed by atoms with E-state index in [0.29, 0.717) is 40.4 Å². The molecule has 1 N–H and O–H groups in total. The molecule has 0 aliphatic heterocycles. The van der Waals surface area contributed by atoms with Crippen molar-refractivity contribution in [2.45, 2.75) is 38.0 Å². The molecule has 1 aliphatic carbocycles. The Morgan fingerprint density at radius 3 is 2.68 bits per heavy atom. The molecule has 3 aromatic heterocycles. The van der Waals surface area contributed by atoms with Gasteiger partial charge in [0.15, 0.2) is 5.67 Å². The van der Waals surface area contributed by atoms with Gasteiger partial charge in [-0.05, 0) is 79.3 Å². The van der Waals surface area contributed by atoms with Gasteiger partial charge in [0.2, 0.25) is 0 Å². The number of carbonyl (C=O) groups is 1.